The summed E-state index contributed by atoms with van der Waals surface area (Å²) in [6.45, 7) is 1.97. The van der Waals surface area contributed by atoms with Crippen molar-refractivity contribution >= 4 is 11.5 Å². The molecular weight excluding hydrogens is 355 g/mol. The van der Waals surface area contributed by atoms with Gasteiger partial charge in [0.1, 0.15) is 5.82 Å². The second-order valence-corrected chi connectivity index (χ2v) is 6.35. The largest absolute Gasteiger partial charge is 0.446 e. The quantitative estimate of drug-likeness (QED) is 0.751. The molecule has 27 heavy (non-hydrogen) atoms. The van der Waals surface area contributed by atoms with Gasteiger partial charge in [0.25, 0.3) is 0 Å². The van der Waals surface area contributed by atoms with Gasteiger partial charge in [0.2, 0.25) is 5.55 Å². The molecule has 0 amide bonds. The van der Waals surface area contributed by atoms with E-state index in [1.54, 1.807) is 11.0 Å². The zero-order valence-corrected chi connectivity index (χ0v) is 14.4. The third kappa shape index (κ3) is 3.05. The molecule has 1 unspecified atom stereocenters. The summed E-state index contributed by atoms with van der Waals surface area (Å²) in [7, 11) is 0. The molecule has 0 radical (unpaired) electrons. The number of fused-ring (bicyclic) bond motifs is 1. The van der Waals surface area contributed by atoms with Crippen molar-refractivity contribution in [3.05, 3.63) is 88.3 Å². The number of nitrogens with zero attached hydrogens (tertiary/aromatic N) is 2. The summed E-state index contributed by atoms with van der Waals surface area (Å²) in [6, 6.07) is 14.3. The lowest BCUT2D eigenvalue weighted by atomic mass is 10.1. The van der Waals surface area contributed by atoms with E-state index in [-0.39, 0.29) is 0 Å². The molecule has 4 nitrogen and oxygen atoms in total. The molecule has 0 saturated heterocycles. The molecule has 2 N–H and O–H groups in total. The van der Waals surface area contributed by atoms with Crippen LogP contribution in [-0.2, 0) is 6.18 Å². The Morgan fingerprint density at radius 2 is 1.67 bits per heavy atom. The van der Waals surface area contributed by atoms with E-state index in [4.69, 9.17) is 10.2 Å². The van der Waals surface area contributed by atoms with Crippen LogP contribution in [0.4, 0.5) is 18.9 Å². The number of hydrogen-bond donors (Lipinski definition) is 1. The second-order valence-electron chi connectivity index (χ2n) is 6.35. The van der Waals surface area contributed by atoms with Gasteiger partial charge in [-0.1, -0.05) is 29.8 Å². The number of alkyl halides is 3. The van der Waals surface area contributed by atoms with Crippen molar-refractivity contribution in [3.63, 3.8) is 0 Å². The Hall–Kier alpha value is -3.22. The minimum Gasteiger partial charge on any atom is -0.446 e. The van der Waals surface area contributed by atoms with E-state index in [1.807, 2.05) is 31.2 Å². The minimum absolute atomic E-state index is 0.362. The zero-order chi connectivity index (χ0) is 19.2. The van der Waals surface area contributed by atoms with E-state index < -0.39 is 17.9 Å². The first-order valence-corrected chi connectivity index (χ1v) is 8.29. The number of halogens is 3. The van der Waals surface area contributed by atoms with Crippen molar-refractivity contribution in [3.8, 4) is 0 Å². The fraction of sp³-hybridized carbons (Fsp3) is 0.150. The fourth-order valence-electron chi connectivity index (χ4n) is 3.08. The number of benzene rings is 2. The van der Waals surface area contributed by atoms with Crippen LogP contribution in [0.3, 0.4) is 0 Å². The second kappa shape index (κ2) is 6.19. The highest BCUT2D eigenvalue weighted by Gasteiger charge is 2.32. The highest BCUT2D eigenvalue weighted by atomic mass is 19.4. The number of aryl methyl sites for hydroxylation is 1. The van der Waals surface area contributed by atoms with Crippen LogP contribution < -0.4 is 21.4 Å². The smallest absolute Gasteiger partial charge is 0.416 e. The Morgan fingerprint density at radius 1 is 1.00 bits per heavy atom. The van der Waals surface area contributed by atoms with E-state index in [9.17, 15) is 13.2 Å². The monoisotopic (exact) mass is 371 g/mol. The molecule has 4 rings (SSSR count). The molecule has 7 heteroatoms. The van der Waals surface area contributed by atoms with Crippen molar-refractivity contribution in [2.45, 2.75) is 19.3 Å². The molecule has 0 saturated carbocycles. The fourth-order valence-corrected chi connectivity index (χ4v) is 3.08. The first-order chi connectivity index (χ1) is 12.8. The lowest BCUT2D eigenvalue weighted by molar-refractivity contribution is -0.137. The lowest BCUT2D eigenvalue weighted by Gasteiger charge is -2.33. The summed E-state index contributed by atoms with van der Waals surface area (Å²) in [4.78, 5) is 6.37. The van der Waals surface area contributed by atoms with Crippen LogP contribution in [0.25, 0.3) is 5.82 Å². The number of nitrogens with two attached hydrogens (primary N) is 1. The number of hydrogen-bond acceptors (Lipinski definition) is 4. The summed E-state index contributed by atoms with van der Waals surface area (Å²) in [5, 5.41) is 0.652. The van der Waals surface area contributed by atoms with Gasteiger partial charge in [0.05, 0.1) is 17.0 Å². The van der Waals surface area contributed by atoms with E-state index in [2.05, 4.69) is 4.99 Å². The predicted molar refractivity (Wildman–Crippen MR) is 94.9 cm³/mol. The molecule has 2 heterocycles. The number of furan rings is 1. The molecule has 3 aromatic rings. The summed E-state index contributed by atoms with van der Waals surface area (Å²) in [6.07, 6.45) is -3.53. The molecular formula is C20H16F3N3O. The SMILES string of the molecule is Cc1ccc(N2C(N)=c3ccoc3=NC2c2ccc(C(F)(F)F)cc2)cc1. The summed E-state index contributed by atoms with van der Waals surface area (Å²) in [5.41, 5.74) is 8.48. The number of rotatable bonds is 2. The van der Waals surface area contributed by atoms with Crippen LogP contribution in [0.2, 0.25) is 0 Å². The first kappa shape index (κ1) is 17.2. The van der Waals surface area contributed by atoms with Gasteiger partial charge >= 0.3 is 6.18 Å². The van der Waals surface area contributed by atoms with Gasteiger partial charge in [-0.15, -0.1) is 0 Å². The Morgan fingerprint density at radius 3 is 2.30 bits per heavy atom. The highest BCUT2D eigenvalue weighted by molar-refractivity contribution is 5.68. The molecule has 1 aliphatic rings. The molecule has 0 fully saturated rings. The molecule has 1 aromatic heterocycles. The van der Waals surface area contributed by atoms with Crippen molar-refractivity contribution in [1.82, 2.24) is 0 Å². The predicted octanol–water partition coefficient (Wildman–Crippen LogP) is 3.47. The Bertz CT molecular complexity index is 1080. The molecule has 138 valence electrons. The lowest BCUT2D eigenvalue weighted by Crippen LogP contribution is -2.43. The van der Waals surface area contributed by atoms with Crippen molar-refractivity contribution in [2.75, 3.05) is 4.90 Å². The molecule has 0 spiro atoms. The van der Waals surface area contributed by atoms with E-state index in [0.717, 1.165) is 23.4 Å². The molecule has 2 aromatic carbocycles. The van der Waals surface area contributed by atoms with Crippen LogP contribution in [0.15, 0.2) is 70.3 Å². The first-order valence-electron chi connectivity index (χ1n) is 8.29. The van der Waals surface area contributed by atoms with Crippen LogP contribution in [0.1, 0.15) is 22.9 Å². The zero-order valence-electron chi connectivity index (χ0n) is 14.4. The Balaban J connectivity index is 1.85. The van der Waals surface area contributed by atoms with Gasteiger partial charge in [-0.25, -0.2) is 4.99 Å². The molecule has 1 aliphatic heterocycles. The number of anilines is 1. The topological polar surface area (TPSA) is 54.8 Å². The van der Waals surface area contributed by atoms with E-state index >= 15 is 0 Å². The Kier molecular flexibility index (Phi) is 3.95. The van der Waals surface area contributed by atoms with Crippen LogP contribution in [0, 0.1) is 6.92 Å². The third-order valence-corrected chi connectivity index (χ3v) is 4.51. The van der Waals surface area contributed by atoms with Crippen LogP contribution >= 0.6 is 0 Å². The van der Waals surface area contributed by atoms with Crippen LogP contribution in [0.5, 0.6) is 0 Å². The average Bonchev–Trinajstić information content (AvgIpc) is 3.11. The normalized spacial score (nSPS) is 16.8. The summed E-state index contributed by atoms with van der Waals surface area (Å²) < 4.78 is 44.0. The van der Waals surface area contributed by atoms with Crippen molar-refractivity contribution < 1.29 is 17.6 Å². The molecule has 0 bridgehead atoms. The van der Waals surface area contributed by atoms with Gasteiger partial charge in [-0.2, -0.15) is 13.2 Å². The maximum absolute atomic E-state index is 12.9. The Labute approximate surface area is 153 Å². The van der Waals surface area contributed by atoms with Gasteiger partial charge in [-0.05, 0) is 42.8 Å². The summed E-state index contributed by atoms with van der Waals surface area (Å²) in [5.74, 6) is 0.433. The third-order valence-electron chi connectivity index (χ3n) is 4.51. The van der Waals surface area contributed by atoms with Gasteiger partial charge in [-0.3, -0.25) is 0 Å². The van der Waals surface area contributed by atoms with E-state index in [0.29, 0.717) is 22.2 Å². The summed E-state index contributed by atoms with van der Waals surface area (Å²) >= 11 is 0. The maximum atomic E-state index is 12.9. The highest BCUT2D eigenvalue weighted by Crippen LogP contribution is 2.34. The average molecular weight is 371 g/mol. The molecule has 1 atom stereocenters. The standard InChI is InChI=1S/C20H16F3N3O/c1-12-2-8-15(9-3-12)26-17(24)16-10-11-27-19(16)25-18(26)13-4-6-14(7-5-13)20(21,22)23/h2-11,18H,24H2,1H3. The van der Waals surface area contributed by atoms with Crippen molar-refractivity contribution in [1.29, 1.82) is 0 Å². The van der Waals surface area contributed by atoms with Gasteiger partial charge < -0.3 is 15.1 Å². The van der Waals surface area contributed by atoms with E-state index in [1.165, 1.54) is 18.4 Å². The molecule has 0 aliphatic carbocycles. The maximum Gasteiger partial charge on any atom is 0.416 e. The van der Waals surface area contributed by atoms with Gasteiger partial charge in [0.15, 0.2) is 6.17 Å². The van der Waals surface area contributed by atoms with Crippen molar-refractivity contribution in [2.24, 2.45) is 10.7 Å². The van der Waals surface area contributed by atoms with Crippen LogP contribution in [-0.4, -0.2) is 0 Å². The van der Waals surface area contributed by atoms with Gasteiger partial charge in [0, 0.05) is 5.69 Å². The minimum atomic E-state index is -4.39.